The van der Waals surface area contributed by atoms with Crippen LogP contribution in [0.3, 0.4) is 0 Å². The lowest BCUT2D eigenvalue weighted by molar-refractivity contribution is 0.0696. The van der Waals surface area contributed by atoms with Crippen molar-refractivity contribution < 1.29 is 9.90 Å². The number of benzene rings is 2. The van der Waals surface area contributed by atoms with Crippen LogP contribution in [0.5, 0.6) is 0 Å². The van der Waals surface area contributed by atoms with E-state index >= 15 is 0 Å². The summed E-state index contributed by atoms with van der Waals surface area (Å²) in [6.07, 6.45) is 1.98. The zero-order valence-corrected chi connectivity index (χ0v) is 12.3. The summed E-state index contributed by atoms with van der Waals surface area (Å²) < 4.78 is 0. The van der Waals surface area contributed by atoms with Crippen LogP contribution in [0.4, 0.5) is 0 Å². The van der Waals surface area contributed by atoms with Gasteiger partial charge in [-0.3, -0.25) is 0 Å². The van der Waals surface area contributed by atoms with Crippen molar-refractivity contribution in [2.75, 3.05) is 0 Å². The first-order chi connectivity index (χ1) is 9.99. The smallest absolute Gasteiger partial charge is 0.335 e. The quantitative estimate of drug-likeness (QED) is 0.883. The van der Waals surface area contributed by atoms with Gasteiger partial charge >= 0.3 is 5.97 Å². The minimum Gasteiger partial charge on any atom is -0.478 e. The predicted molar refractivity (Wildman–Crippen MR) is 83.6 cm³/mol. The number of aromatic carboxylic acids is 1. The molecule has 0 aromatic heterocycles. The van der Waals surface area contributed by atoms with Crippen molar-refractivity contribution in [2.24, 2.45) is 5.73 Å². The van der Waals surface area contributed by atoms with Crippen LogP contribution < -0.4 is 5.73 Å². The monoisotopic (exact) mass is 281 g/mol. The zero-order valence-electron chi connectivity index (χ0n) is 12.3. The van der Waals surface area contributed by atoms with Crippen molar-refractivity contribution in [3.8, 4) is 11.1 Å². The lowest BCUT2D eigenvalue weighted by Crippen LogP contribution is -2.05. The average Bonchev–Trinajstić information content (AvgIpc) is 2.80. The minimum absolute atomic E-state index is 0.124. The first kappa shape index (κ1) is 13.8. The Hall–Kier alpha value is -2.13. The van der Waals surface area contributed by atoms with Crippen molar-refractivity contribution in [3.63, 3.8) is 0 Å². The van der Waals surface area contributed by atoms with Gasteiger partial charge in [-0.25, -0.2) is 4.79 Å². The third-order valence-corrected chi connectivity index (χ3v) is 4.37. The van der Waals surface area contributed by atoms with Crippen molar-refractivity contribution in [1.82, 2.24) is 0 Å². The van der Waals surface area contributed by atoms with Crippen LogP contribution in [0.25, 0.3) is 11.1 Å². The van der Waals surface area contributed by atoms with Crippen molar-refractivity contribution in [3.05, 3.63) is 58.1 Å². The molecule has 1 aliphatic rings. The zero-order chi connectivity index (χ0) is 15.1. The van der Waals surface area contributed by atoms with Crippen LogP contribution in [0.15, 0.2) is 30.3 Å². The highest BCUT2D eigenvalue weighted by Gasteiger charge is 2.23. The van der Waals surface area contributed by atoms with Crippen molar-refractivity contribution in [2.45, 2.75) is 32.7 Å². The summed E-state index contributed by atoms with van der Waals surface area (Å²) >= 11 is 0. The number of aryl methyl sites for hydroxylation is 2. The highest BCUT2D eigenvalue weighted by Crippen LogP contribution is 2.39. The first-order valence-corrected chi connectivity index (χ1v) is 7.21. The summed E-state index contributed by atoms with van der Waals surface area (Å²) in [5.74, 6) is -0.881. The molecule has 108 valence electrons. The van der Waals surface area contributed by atoms with Gasteiger partial charge in [0.1, 0.15) is 0 Å². The molecule has 1 atom stereocenters. The Labute approximate surface area is 124 Å². The second kappa shape index (κ2) is 5.01. The molecule has 0 spiro atoms. The fourth-order valence-electron chi connectivity index (χ4n) is 3.43. The molecule has 0 fully saturated rings. The van der Waals surface area contributed by atoms with Crippen molar-refractivity contribution >= 4 is 5.97 Å². The standard InChI is InChI=1S/C18H19NO2/c1-10-8-12(18(20)21)9-11(2)17(10)15-5-3-4-14-13(15)6-7-16(14)19/h3-5,8-9,16H,6-7,19H2,1-2H3,(H,20,21)/t16-/m1/s1. The van der Waals surface area contributed by atoms with Gasteiger partial charge in [0.05, 0.1) is 5.56 Å². The number of carboxylic acids is 1. The molecule has 21 heavy (non-hydrogen) atoms. The normalized spacial score (nSPS) is 16.8. The van der Waals surface area contributed by atoms with Crippen LogP contribution in [0.2, 0.25) is 0 Å². The Morgan fingerprint density at radius 1 is 1.24 bits per heavy atom. The van der Waals surface area contributed by atoms with Gasteiger partial charge in [-0.1, -0.05) is 18.2 Å². The molecule has 2 aromatic carbocycles. The van der Waals surface area contributed by atoms with E-state index in [4.69, 9.17) is 10.8 Å². The second-order valence-electron chi connectivity index (χ2n) is 5.81. The highest BCUT2D eigenvalue weighted by molar-refractivity contribution is 5.90. The van der Waals surface area contributed by atoms with Gasteiger partial charge in [0.25, 0.3) is 0 Å². The van der Waals surface area contributed by atoms with Crippen molar-refractivity contribution in [1.29, 1.82) is 0 Å². The van der Waals surface area contributed by atoms with Gasteiger partial charge in [-0.05, 0) is 72.2 Å². The summed E-state index contributed by atoms with van der Waals surface area (Å²) in [5, 5.41) is 9.17. The molecule has 0 aliphatic heterocycles. The summed E-state index contributed by atoms with van der Waals surface area (Å²) in [7, 11) is 0. The number of carbonyl (C=O) groups is 1. The van der Waals surface area contributed by atoms with E-state index in [-0.39, 0.29) is 6.04 Å². The molecular formula is C18H19NO2. The molecule has 0 radical (unpaired) electrons. The SMILES string of the molecule is Cc1cc(C(=O)O)cc(C)c1-c1cccc2c1CC[C@H]2N. The van der Waals surface area contributed by atoms with E-state index in [2.05, 4.69) is 12.1 Å². The molecule has 1 aliphatic carbocycles. The third-order valence-electron chi connectivity index (χ3n) is 4.37. The van der Waals surface area contributed by atoms with Gasteiger partial charge in [0, 0.05) is 6.04 Å². The second-order valence-corrected chi connectivity index (χ2v) is 5.81. The summed E-state index contributed by atoms with van der Waals surface area (Å²) in [6, 6.07) is 9.89. The van der Waals surface area contributed by atoms with Gasteiger partial charge in [-0.2, -0.15) is 0 Å². The molecule has 0 unspecified atom stereocenters. The first-order valence-electron chi connectivity index (χ1n) is 7.21. The Kier molecular flexibility index (Phi) is 3.30. The molecule has 0 saturated carbocycles. The van der Waals surface area contributed by atoms with Gasteiger partial charge in [0.15, 0.2) is 0 Å². The number of nitrogens with two attached hydrogens (primary N) is 1. The van der Waals surface area contributed by atoms with Crippen LogP contribution in [0.1, 0.15) is 45.1 Å². The predicted octanol–water partition coefficient (Wildman–Crippen LogP) is 3.61. The number of rotatable bonds is 2. The average molecular weight is 281 g/mol. The molecular weight excluding hydrogens is 262 g/mol. The Morgan fingerprint density at radius 2 is 1.90 bits per heavy atom. The molecule has 3 heteroatoms. The fourth-order valence-corrected chi connectivity index (χ4v) is 3.43. The molecule has 0 heterocycles. The molecule has 3 nitrogen and oxygen atoms in total. The van der Waals surface area contributed by atoms with Gasteiger partial charge < -0.3 is 10.8 Å². The highest BCUT2D eigenvalue weighted by atomic mass is 16.4. The van der Waals surface area contributed by atoms with Crippen LogP contribution >= 0.6 is 0 Å². The fraction of sp³-hybridized carbons (Fsp3) is 0.278. The lowest BCUT2D eigenvalue weighted by atomic mass is 9.89. The maximum Gasteiger partial charge on any atom is 0.335 e. The Balaban J connectivity index is 2.21. The van der Waals surface area contributed by atoms with Gasteiger partial charge in [0.2, 0.25) is 0 Å². The molecule has 0 bridgehead atoms. The summed E-state index contributed by atoms with van der Waals surface area (Å²) in [5.41, 5.74) is 13.4. The number of carboxylic acid groups (broad SMARTS) is 1. The Bertz CT molecular complexity index is 711. The summed E-state index contributed by atoms with van der Waals surface area (Å²) in [6.45, 7) is 3.95. The maximum atomic E-state index is 11.2. The number of fused-ring (bicyclic) bond motifs is 1. The third kappa shape index (κ3) is 2.24. The van der Waals surface area contributed by atoms with E-state index in [9.17, 15) is 4.79 Å². The van der Waals surface area contributed by atoms with Gasteiger partial charge in [-0.15, -0.1) is 0 Å². The molecule has 0 saturated heterocycles. The van der Waals surface area contributed by atoms with E-state index in [0.717, 1.165) is 29.5 Å². The molecule has 2 aromatic rings. The molecule has 3 N–H and O–H groups in total. The minimum atomic E-state index is -0.881. The van der Waals surface area contributed by atoms with Crippen LogP contribution in [-0.2, 0) is 6.42 Å². The van der Waals surface area contributed by atoms with E-state index in [1.807, 2.05) is 19.9 Å². The van der Waals surface area contributed by atoms with Crippen LogP contribution in [-0.4, -0.2) is 11.1 Å². The van der Waals surface area contributed by atoms with E-state index in [1.54, 1.807) is 12.1 Å². The summed E-state index contributed by atoms with van der Waals surface area (Å²) in [4.78, 5) is 11.2. The molecule has 3 rings (SSSR count). The lowest BCUT2D eigenvalue weighted by Gasteiger charge is -2.16. The Morgan fingerprint density at radius 3 is 2.52 bits per heavy atom. The topological polar surface area (TPSA) is 63.3 Å². The molecule has 0 amide bonds. The van der Waals surface area contributed by atoms with E-state index in [0.29, 0.717) is 5.56 Å². The maximum absolute atomic E-state index is 11.2. The largest absolute Gasteiger partial charge is 0.478 e. The van der Waals surface area contributed by atoms with Crippen LogP contribution in [0, 0.1) is 13.8 Å². The number of hydrogen-bond donors (Lipinski definition) is 2. The van der Waals surface area contributed by atoms with E-state index < -0.39 is 5.97 Å². The number of hydrogen-bond acceptors (Lipinski definition) is 2. The van der Waals surface area contributed by atoms with E-state index in [1.165, 1.54) is 16.7 Å².